The van der Waals surface area contributed by atoms with Crippen molar-refractivity contribution in [1.29, 1.82) is 0 Å². The molecular weight excluding hydrogens is 248 g/mol. The molecule has 1 aromatic carbocycles. The first-order valence-corrected chi connectivity index (χ1v) is 7.67. The molecule has 110 valence electrons. The summed E-state index contributed by atoms with van der Waals surface area (Å²) in [4.78, 5) is 11.1. The van der Waals surface area contributed by atoms with Gasteiger partial charge in [-0.2, -0.15) is 0 Å². The van der Waals surface area contributed by atoms with Crippen molar-refractivity contribution >= 4 is 11.6 Å². The van der Waals surface area contributed by atoms with E-state index in [-0.39, 0.29) is 5.91 Å². The summed E-state index contributed by atoms with van der Waals surface area (Å²) in [5, 5.41) is 6.48. The molecule has 1 aliphatic rings. The van der Waals surface area contributed by atoms with Crippen molar-refractivity contribution in [3.63, 3.8) is 0 Å². The molecule has 3 heteroatoms. The second kappa shape index (κ2) is 6.89. The molecule has 2 N–H and O–H groups in total. The van der Waals surface area contributed by atoms with E-state index >= 15 is 0 Å². The van der Waals surface area contributed by atoms with Gasteiger partial charge in [-0.3, -0.25) is 4.79 Å². The van der Waals surface area contributed by atoms with Crippen LogP contribution < -0.4 is 10.6 Å². The van der Waals surface area contributed by atoms with Gasteiger partial charge in [0.05, 0.1) is 0 Å². The highest BCUT2D eigenvalue weighted by Crippen LogP contribution is 2.31. The van der Waals surface area contributed by atoms with Crippen molar-refractivity contribution in [2.45, 2.75) is 46.1 Å². The smallest absolute Gasteiger partial charge is 0.221 e. The van der Waals surface area contributed by atoms with Crippen LogP contribution in [0.2, 0.25) is 0 Å². The third kappa shape index (κ3) is 4.07. The zero-order valence-electron chi connectivity index (χ0n) is 12.8. The molecule has 1 aliphatic carbocycles. The van der Waals surface area contributed by atoms with Crippen LogP contribution in [0, 0.1) is 11.8 Å². The van der Waals surface area contributed by atoms with Crippen molar-refractivity contribution in [2.24, 2.45) is 11.8 Å². The largest absolute Gasteiger partial charge is 0.326 e. The van der Waals surface area contributed by atoms with Gasteiger partial charge in [-0.05, 0) is 49.4 Å². The summed E-state index contributed by atoms with van der Waals surface area (Å²) in [5.41, 5.74) is 2.10. The van der Waals surface area contributed by atoms with E-state index in [1.807, 2.05) is 12.1 Å². The molecule has 1 amide bonds. The first-order valence-electron chi connectivity index (χ1n) is 7.67. The number of amides is 1. The number of rotatable bonds is 5. The average Bonchev–Trinajstić information content (AvgIpc) is 2.81. The normalized spacial score (nSPS) is 23.6. The predicted octanol–water partition coefficient (Wildman–Crippen LogP) is 3.73. The van der Waals surface area contributed by atoms with Gasteiger partial charge in [-0.15, -0.1) is 0 Å². The number of hydrogen-bond acceptors (Lipinski definition) is 2. The summed E-state index contributed by atoms with van der Waals surface area (Å²) in [6, 6.07) is 8.41. The third-order valence-corrected chi connectivity index (χ3v) is 4.43. The van der Waals surface area contributed by atoms with Crippen LogP contribution in [-0.2, 0) is 4.79 Å². The Kier molecular flexibility index (Phi) is 5.18. The zero-order chi connectivity index (χ0) is 14.5. The Morgan fingerprint density at radius 2 is 2.20 bits per heavy atom. The maximum atomic E-state index is 11.1. The molecule has 3 atom stereocenters. The second-order valence-corrected chi connectivity index (χ2v) is 6.10. The highest BCUT2D eigenvalue weighted by Gasteiger charge is 2.23. The Labute approximate surface area is 122 Å². The van der Waals surface area contributed by atoms with Crippen molar-refractivity contribution in [1.82, 2.24) is 5.32 Å². The Hall–Kier alpha value is -1.35. The van der Waals surface area contributed by atoms with Crippen molar-refractivity contribution in [3.05, 3.63) is 29.8 Å². The van der Waals surface area contributed by atoms with Crippen LogP contribution in [0.1, 0.15) is 51.6 Å². The van der Waals surface area contributed by atoms with Gasteiger partial charge in [0.15, 0.2) is 0 Å². The monoisotopic (exact) mass is 274 g/mol. The Morgan fingerprint density at radius 1 is 1.40 bits per heavy atom. The Morgan fingerprint density at radius 3 is 2.85 bits per heavy atom. The Bertz CT molecular complexity index is 458. The number of benzene rings is 1. The van der Waals surface area contributed by atoms with E-state index in [0.717, 1.165) is 24.1 Å². The topological polar surface area (TPSA) is 41.1 Å². The van der Waals surface area contributed by atoms with E-state index in [1.54, 1.807) is 0 Å². The van der Waals surface area contributed by atoms with E-state index in [4.69, 9.17) is 0 Å². The minimum Gasteiger partial charge on any atom is -0.326 e. The van der Waals surface area contributed by atoms with Crippen LogP contribution in [0.15, 0.2) is 24.3 Å². The highest BCUT2D eigenvalue weighted by molar-refractivity contribution is 5.88. The second-order valence-electron chi connectivity index (χ2n) is 6.10. The SMILES string of the molecule is CC(=O)Nc1cccc(C(C)NCC2CCCC2C)c1. The van der Waals surface area contributed by atoms with E-state index < -0.39 is 0 Å². The van der Waals surface area contributed by atoms with Gasteiger partial charge in [0.25, 0.3) is 0 Å². The first kappa shape index (κ1) is 15.0. The quantitative estimate of drug-likeness (QED) is 0.859. The summed E-state index contributed by atoms with van der Waals surface area (Å²) < 4.78 is 0. The number of hydrogen-bond donors (Lipinski definition) is 2. The fourth-order valence-corrected chi connectivity index (χ4v) is 3.06. The molecule has 1 aromatic rings. The summed E-state index contributed by atoms with van der Waals surface area (Å²) in [6.45, 7) is 7.18. The predicted molar refractivity (Wildman–Crippen MR) is 83.7 cm³/mol. The minimum atomic E-state index is -0.0254. The summed E-state index contributed by atoms with van der Waals surface area (Å²) >= 11 is 0. The van der Waals surface area contributed by atoms with Gasteiger partial charge in [0.2, 0.25) is 5.91 Å². The van der Waals surface area contributed by atoms with E-state index in [9.17, 15) is 4.79 Å². The van der Waals surface area contributed by atoms with Gasteiger partial charge in [-0.25, -0.2) is 0 Å². The molecular formula is C17H26N2O. The molecule has 0 aromatic heterocycles. The number of carbonyl (C=O) groups is 1. The zero-order valence-corrected chi connectivity index (χ0v) is 12.8. The third-order valence-electron chi connectivity index (χ3n) is 4.43. The van der Waals surface area contributed by atoms with Gasteiger partial charge in [0, 0.05) is 18.7 Å². The molecule has 0 spiro atoms. The van der Waals surface area contributed by atoms with Crippen LogP contribution in [0.3, 0.4) is 0 Å². The van der Waals surface area contributed by atoms with E-state index in [0.29, 0.717) is 6.04 Å². The van der Waals surface area contributed by atoms with Crippen LogP contribution in [0.25, 0.3) is 0 Å². The molecule has 3 nitrogen and oxygen atoms in total. The van der Waals surface area contributed by atoms with E-state index in [1.165, 1.54) is 31.7 Å². The lowest BCUT2D eigenvalue weighted by molar-refractivity contribution is -0.114. The van der Waals surface area contributed by atoms with Crippen LogP contribution in [0.5, 0.6) is 0 Å². The lowest BCUT2D eigenvalue weighted by Gasteiger charge is -2.20. The summed E-state index contributed by atoms with van der Waals surface area (Å²) in [5.74, 6) is 1.64. The average molecular weight is 274 g/mol. The molecule has 0 heterocycles. The van der Waals surface area contributed by atoms with Gasteiger partial charge in [-0.1, -0.05) is 31.9 Å². The molecule has 1 fully saturated rings. The molecule has 2 rings (SSSR count). The summed E-state index contributed by atoms with van der Waals surface area (Å²) in [7, 11) is 0. The number of nitrogens with one attached hydrogen (secondary N) is 2. The van der Waals surface area contributed by atoms with Crippen molar-refractivity contribution < 1.29 is 4.79 Å². The molecule has 0 bridgehead atoms. The van der Waals surface area contributed by atoms with Gasteiger partial charge in [0.1, 0.15) is 0 Å². The minimum absolute atomic E-state index is 0.0254. The van der Waals surface area contributed by atoms with Gasteiger partial charge < -0.3 is 10.6 Å². The van der Waals surface area contributed by atoms with Gasteiger partial charge >= 0.3 is 0 Å². The van der Waals surface area contributed by atoms with Crippen molar-refractivity contribution in [2.75, 3.05) is 11.9 Å². The maximum absolute atomic E-state index is 11.1. The van der Waals surface area contributed by atoms with Crippen LogP contribution >= 0.6 is 0 Å². The van der Waals surface area contributed by atoms with Crippen LogP contribution in [-0.4, -0.2) is 12.5 Å². The molecule has 0 radical (unpaired) electrons. The standard InChI is InChI=1S/C17H26N2O/c1-12-6-4-8-16(12)11-18-13(2)15-7-5-9-17(10-15)19-14(3)20/h5,7,9-10,12-13,16,18H,4,6,8,11H2,1-3H3,(H,19,20). The molecule has 0 saturated heterocycles. The number of carbonyl (C=O) groups excluding carboxylic acids is 1. The highest BCUT2D eigenvalue weighted by atomic mass is 16.1. The lowest BCUT2D eigenvalue weighted by Crippen LogP contribution is -2.27. The molecule has 0 aliphatic heterocycles. The number of anilines is 1. The van der Waals surface area contributed by atoms with E-state index in [2.05, 4.69) is 36.6 Å². The Balaban J connectivity index is 1.91. The lowest BCUT2D eigenvalue weighted by atomic mass is 9.97. The summed E-state index contributed by atoms with van der Waals surface area (Å²) in [6.07, 6.45) is 4.10. The van der Waals surface area contributed by atoms with Crippen LogP contribution in [0.4, 0.5) is 5.69 Å². The fourth-order valence-electron chi connectivity index (χ4n) is 3.06. The molecule has 1 saturated carbocycles. The fraction of sp³-hybridized carbons (Fsp3) is 0.588. The molecule has 3 unspecified atom stereocenters. The molecule has 20 heavy (non-hydrogen) atoms. The first-order chi connectivity index (χ1) is 9.56. The van der Waals surface area contributed by atoms with Crippen molar-refractivity contribution in [3.8, 4) is 0 Å². The maximum Gasteiger partial charge on any atom is 0.221 e.